The summed E-state index contributed by atoms with van der Waals surface area (Å²) < 4.78 is 53.4. The number of aryl methyl sites for hydroxylation is 1. The van der Waals surface area contributed by atoms with E-state index in [-0.39, 0.29) is 14.8 Å². The molecule has 2 heterocycles. The molecule has 0 unspecified atom stereocenters. The predicted molar refractivity (Wildman–Crippen MR) is 106 cm³/mol. The van der Waals surface area contributed by atoms with Gasteiger partial charge in [0.05, 0.1) is 16.3 Å². The van der Waals surface area contributed by atoms with Gasteiger partial charge >= 0.3 is 6.18 Å². The lowest BCUT2D eigenvalue weighted by molar-refractivity contribution is -0.0605. The zero-order valence-corrected chi connectivity index (χ0v) is 17.0. The number of rotatable bonds is 5. The highest BCUT2D eigenvalue weighted by atomic mass is 35.5. The van der Waals surface area contributed by atoms with Gasteiger partial charge in [-0.1, -0.05) is 11.6 Å². The SMILES string of the molecule is Cc1ccc(C(=O)C/C(=N/NC(=O)c2sc3cc(F)ccc3c2Cl)C(F)(F)F)s1. The highest BCUT2D eigenvalue weighted by Gasteiger charge is 2.38. The van der Waals surface area contributed by atoms with Crippen LogP contribution in [0.3, 0.4) is 0 Å². The number of carbonyl (C=O) groups excluding carboxylic acids is 2. The third kappa shape index (κ3) is 4.82. The van der Waals surface area contributed by atoms with Gasteiger partial charge in [-0.05, 0) is 37.3 Å². The smallest absolute Gasteiger partial charge is 0.293 e. The van der Waals surface area contributed by atoms with Crippen molar-refractivity contribution >= 4 is 61.8 Å². The van der Waals surface area contributed by atoms with Crippen molar-refractivity contribution in [3.05, 3.63) is 55.8 Å². The number of hydrogen-bond donors (Lipinski definition) is 1. The number of alkyl halides is 3. The number of fused-ring (bicyclic) bond motifs is 1. The molecule has 1 aromatic carbocycles. The van der Waals surface area contributed by atoms with Crippen LogP contribution in [0.4, 0.5) is 17.6 Å². The molecule has 152 valence electrons. The molecule has 0 saturated heterocycles. The number of nitrogens with one attached hydrogen (secondary N) is 1. The third-order valence-electron chi connectivity index (χ3n) is 3.76. The minimum Gasteiger partial charge on any atom is -0.293 e. The second-order valence-corrected chi connectivity index (χ2v) is 8.61. The van der Waals surface area contributed by atoms with Crippen LogP contribution in [0.25, 0.3) is 10.1 Å². The van der Waals surface area contributed by atoms with Crippen LogP contribution >= 0.6 is 34.3 Å². The van der Waals surface area contributed by atoms with Crippen molar-refractivity contribution in [1.82, 2.24) is 5.43 Å². The van der Waals surface area contributed by atoms with E-state index in [4.69, 9.17) is 11.6 Å². The number of hydrazone groups is 1. The standard InChI is InChI=1S/C18H11ClF4N2O2S2/c1-8-2-5-12(28-8)11(26)7-14(18(21,22)23)24-25-17(27)16-15(19)10-4-3-9(20)6-13(10)29-16/h2-6H,7H2,1H3,(H,25,27)/b24-14-. The van der Waals surface area contributed by atoms with Crippen molar-refractivity contribution in [1.29, 1.82) is 0 Å². The molecule has 0 bridgehead atoms. The molecule has 1 N–H and O–H groups in total. The Bertz CT molecular complexity index is 1130. The normalized spacial score (nSPS) is 12.4. The maximum Gasteiger partial charge on any atom is 0.431 e. The lowest BCUT2D eigenvalue weighted by Crippen LogP contribution is -2.30. The van der Waals surface area contributed by atoms with Crippen LogP contribution in [-0.2, 0) is 0 Å². The predicted octanol–water partition coefficient (Wildman–Crippen LogP) is 5.98. The summed E-state index contributed by atoms with van der Waals surface area (Å²) in [7, 11) is 0. The molecule has 0 atom stereocenters. The summed E-state index contributed by atoms with van der Waals surface area (Å²) in [5.41, 5.74) is 0.357. The quantitative estimate of drug-likeness (QED) is 0.219. The average Bonchev–Trinajstić information content (AvgIpc) is 3.20. The van der Waals surface area contributed by atoms with Gasteiger partial charge in [-0.2, -0.15) is 18.3 Å². The van der Waals surface area contributed by atoms with Gasteiger partial charge in [-0.25, -0.2) is 9.82 Å². The van der Waals surface area contributed by atoms with Crippen LogP contribution in [0.5, 0.6) is 0 Å². The lowest BCUT2D eigenvalue weighted by atomic mass is 10.1. The van der Waals surface area contributed by atoms with E-state index in [9.17, 15) is 27.2 Å². The maximum absolute atomic E-state index is 13.3. The van der Waals surface area contributed by atoms with Gasteiger partial charge in [0.1, 0.15) is 16.4 Å². The first-order valence-electron chi connectivity index (χ1n) is 7.97. The highest BCUT2D eigenvalue weighted by Crippen LogP contribution is 2.35. The van der Waals surface area contributed by atoms with Crippen molar-refractivity contribution in [2.75, 3.05) is 0 Å². The van der Waals surface area contributed by atoms with E-state index in [2.05, 4.69) is 5.10 Å². The van der Waals surface area contributed by atoms with Crippen molar-refractivity contribution in [3.63, 3.8) is 0 Å². The highest BCUT2D eigenvalue weighted by molar-refractivity contribution is 7.21. The van der Waals surface area contributed by atoms with Gasteiger partial charge in [-0.3, -0.25) is 9.59 Å². The van der Waals surface area contributed by atoms with Gasteiger partial charge in [0.2, 0.25) is 0 Å². The molecule has 11 heteroatoms. The monoisotopic (exact) mass is 462 g/mol. The number of nitrogens with zero attached hydrogens (tertiary/aromatic N) is 1. The largest absolute Gasteiger partial charge is 0.431 e. The fraction of sp³-hybridized carbons (Fsp3) is 0.167. The number of thiophene rings is 2. The van der Waals surface area contributed by atoms with E-state index in [1.165, 1.54) is 12.1 Å². The molecule has 0 aliphatic carbocycles. The molecule has 0 fully saturated rings. The number of benzene rings is 1. The molecule has 2 aromatic heterocycles. The van der Waals surface area contributed by atoms with Crippen molar-refractivity contribution in [2.24, 2.45) is 5.10 Å². The van der Waals surface area contributed by atoms with Gasteiger partial charge in [0.25, 0.3) is 5.91 Å². The van der Waals surface area contributed by atoms with Crippen LogP contribution in [0.2, 0.25) is 5.02 Å². The summed E-state index contributed by atoms with van der Waals surface area (Å²) in [4.78, 5) is 25.2. The Morgan fingerprint density at radius 1 is 1.17 bits per heavy atom. The van der Waals surface area contributed by atoms with Gasteiger partial charge < -0.3 is 0 Å². The van der Waals surface area contributed by atoms with E-state index >= 15 is 0 Å². The second kappa shape index (κ2) is 8.21. The van der Waals surface area contributed by atoms with Crippen LogP contribution in [0.15, 0.2) is 35.4 Å². The molecular formula is C18H11ClF4N2O2S2. The minimum absolute atomic E-state index is 0.0172. The molecule has 0 aliphatic rings. The van der Waals surface area contributed by atoms with Gasteiger partial charge in [-0.15, -0.1) is 22.7 Å². The number of Topliss-reactive ketones (excluding diaryl/α,β-unsaturated/α-hetero) is 1. The van der Waals surface area contributed by atoms with Crippen LogP contribution in [0, 0.1) is 12.7 Å². The molecule has 0 spiro atoms. The molecule has 29 heavy (non-hydrogen) atoms. The number of hydrogen-bond acceptors (Lipinski definition) is 5. The lowest BCUT2D eigenvalue weighted by Gasteiger charge is -2.09. The van der Waals surface area contributed by atoms with Gasteiger partial charge in [0, 0.05) is 15.0 Å². The molecule has 3 aromatic rings. The zero-order chi connectivity index (χ0) is 21.3. The summed E-state index contributed by atoms with van der Waals surface area (Å²) in [6, 6.07) is 6.74. The molecule has 4 nitrogen and oxygen atoms in total. The Hall–Kier alpha value is -2.30. The molecule has 3 rings (SSSR count). The molecule has 0 aliphatic heterocycles. The number of ketones is 1. The summed E-state index contributed by atoms with van der Waals surface area (Å²) in [5.74, 6) is -2.29. The van der Waals surface area contributed by atoms with Crippen molar-refractivity contribution < 1.29 is 27.2 Å². The number of halogens is 5. The van der Waals surface area contributed by atoms with Crippen molar-refractivity contribution in [2.45, 2.75) is 19.5 Å². The number of carbonyl (C=O) groups is 2. The molecule has 0 radical (unpaired) electrons. The Labute approximate surface area is 174 Å². The van der Waals surface area contributed by atoms with Crippen LogP contribution in [-0.4, -0.2) is 23.6 Å². The van der Waals surface area contributed by atoms with E-state index in [0.29, 0.717) is 10.1 Å². The molecule has 1 amide bonds. The Balaban J connectivity index is 1.83. The first-order valence-corrected chi connectivity index (χ1v) is 9.98. The third-order valence-corrected chi connectivity index (χ3v) is 6.46. The Morgan fingerprint density at radius 2 is 1.90 bits per heavy atom. The topological polar surface area (TPSA) is 58.5 Å². The first-order chi connectivity index (χ1) is 13.6. The van der Waals surface area contributed by atoms with Gasteiger partial charge in [0.15, 0.2) is 5.78 Å². The summed E-state index contributed by atoms with van der Waals surface area (Å²) >= 11 is 7.97. The van der Waals surface area contributed by atoms with Crippen LogP contribution in [0.1, 0.15) is 30.6 Å². The summed E-state index contributed by atoms with van der Waals surface area (Å²) in [6.45, 7) is 1.72. The summed E-state index contributed by atoms with van der Waals surface area (Å²) in [5, 5.41) is 3.50. The molecule has 0 saturated carbocycles. The number of amides is 1. The fourth-order valence-corrected chi connectivity index (χ4v) is 4.62. The zero-order valence-electron chi connectivity index (χ0n) is 14.6. The molecular weight excluding hydrogens is 452 g/mol. The minimum atomic E-state index is -4.91. The van der Waals surface area contributed by atoms with E-state index < -0.39 is 35.8 Å². The fourth-order valence-electron chi connectivity index (χ4n) is 2.38. The Kier molecular flexibility index (Phi) is 6.06. The average molecular weight is 463 g/mol. The maximum atomic E-state index is 13.3. The first kappa shape index (κ1) is 21.4. The second-order valence-electron chi connectivity index (χ2n) is 5.89. The summed E-state index contributed by atoms with van der Waals surface area (Å²) in [6.07, 6.45) is -5.93. The van der Waals surface area contributed by atoms with E-state index in [1.54, 1.807) is 18.4 Å². The van der Waals surface area contributed by atoms with E-state index in [0.717, 1.165) is 39.7 Å². The van der Waals surface area contributed by atoms with E-state index in [1.807, 2.05) is 0 Å². The van der Waals surface area contributed by atoms with Crippen LogP contribution < -0.4 is 5.43 Å². The Morgan fingerprint density at radius 3 is 2.52 bits per heavy atom. The van der Waals surface area contributed by atoms with Crippen molar-refractivity contribution in [3.8, 4) is 0 Å².